The molecule has 4 aromatic rings. The Hall–Kier alpha value is -4.01. The fourth-order valence-electron chi connectivity index (χ4n) is 4.35. The third kappa shape index (κ3) is 4.16. The summed E-state index contributed by atoms with van der Waals surface area (Å²) >= 11 is 0. The highest BCUT2D eigenvalue weighted by molar-refractivity contribution is 5.97. The van der Waals surface area contributed by atoms with Crippen LogP contribution in [0.1, 0.15) is 34.2 Å². The van der Waals surface area contributed by atoms with Crippen LogP contribution in [0.5, 0.6) is 0 Å². The van der Waals surface area contributed by atoms with Gasteiger partial charge in [0, 0.05) is 79.8 Å². The molecule has 2 N–H and O–H groups in total. The molecule has 0 aromatic carbocycles. The normalized spacial score (nSPS) is 14.1. The number of hydrogen-bond acceptors (Lipinski definition) is 6. The summed E-state index contributed by atoms with van der Waals surface area (Å²) in [6.07, 6.45) is 3.79. The van der Waals surface area contributed by atoms with Crippen LogP contribution in [0, 0.1) is 13.8 Å². The van der Waals surface area contributed by atoms with Gasteiger partial charge in [-0.25, -0.2) is 9.97 Å². The average molecular weight is 458 g/mol. The molecule has 1 aliphatic rings. The van der Waals surface area contributed by atoms with Crippen LogP contribution >= 0.6 is 0 Å². The second-order valence-corrected chi connectivity index (χ2v) is 8.78. The Balaban J connectivity index is 1.35. The van der Waals surface area contributed by atoms with Gasteiger partial charge in [-0.15, -0.1) is 0 Å². The minimum atomic E-state index is -0.0256. The smallest absolute Gasteiger partial charge is 0.219 e. The molecule has 0 aliphatic carbocycles. The number of aromatic amines is 2. The predicted octanol–water partition coefficient (Wildman–Crippen LogP) is 3.06. The van der Waals surface area contributed by atoms with Gasteiger partial charge in [0.2, 0.25) is 5.91 Å². The van der Waals surface area contributed by atoms with Crippen LogP contribution in [-0.4, -0.2) is 67.9 Å². The average Bonchev–Trinajstić information content (AvgIpc) is 3.42. The summed E-state index contributed by atoms with van der Waals surface area (Å²) in [7, 11) is 0. The van der Waals surface area contributed by atoms with Crippen molar-refractivity contribution < 1.29 is 9.59 Å². The van der Waals surface area contributed by atoms with Crippen LogP contribution in [0.25, 0.3) is 22.3 Å². The summed E-state index contributed by atoms with van der Waals surface area (Å²) in [5.41, 5.74) is 5.85. The SMILES string of the molecule is CC(=O)N1CCN(c2cc(-c3cc4cc(CC(=O)c5n[nH]c(C)c5C)cnc4[nH]3)ccn2)CC1. The van der Waals surface area contributed by atoms with Crippen molar-refractivity contribution in [1.82, 2.24) is 30.0 Å². The number of fused-ring (bicyclic) bond motifs is 1. The van der Waals surface area contributed by atoms with Crippen LogP contribution in [0.15, 0.2) is 36.7 Å². The number of hydrogen-bond donors (Lipinski definition) is 2. The molecule has 9 nitrogen and oxygen atoms in total. The Labute approximate surface area is 197 Å². The van der Waals surface area contributed by atoms with Crippen molar-refractivity contribution >= 4 is 28.5 Å². The third-order valence-corrected chi connectivity index (χ3v) is 6.51. The Morgan fingerprint density at radius 2 is 1.85 bits per heavy atom. The van der Waals surface area contributed by atoms with E-state index in [0.29, 0.717) is 18.8 Å². The molecule has 0 saturated carbocycles. The van der Waals surface area contributed by atoms with Gasteiger partial charge in [0.25, 0.3) is 0 Å². The summed E-state index contributed by atoms with van der Waals surface area (Å²) in [4.78, 5) is 40.8. The highest BCUT2D eigenvalue weighted by Crippen LogP contribution is 2.27. The van der Waals surface area contributed by atoms with Gasteiger partial charge < -0.3 is 14.8 Å². The number of nitrogens with one attached hydrogen (secondary N) is 2. The first-order valence-electron chi connectivity index (χ1n) is 11.4. The maximum Gasteiger partial charge on any atom is 0.219 e. The summed E-state index contributed by atoms with van der Waals surface area (Å²) in [6.45, 7) is 8.35. The lowest BCUT2D eigenvalue weighted by molar-refractivity contribution is -0.129. The molecule has 0 atom stereocenters. The van der Waals surface area contributed by atoms with E-state index in [0.717, 1.165) is 58.0 Å². The molecule has 4 aromatic heterocycles. The van der Waals surface area contributed by atoms with Crippen molar-refractivity contribution in [1.29, 1.82) is 0 Å². The molecule has 1 saturated heterocycles. The van der Waals surface area contributed by atoms with E-state index in [1.165, 1.54) is 0 Å². The maximum absolute atomic E-state index is 12.7. The number of amides is 1. The highest BCUT2D eigenvalue weighted by atomic mass is 16.2. The van der Waals surface area contributed by atoms with Gasteiger partial charge in [0.05, 0.1) is 0 Å². The first kappa shape index (κ1) is 21.8. The van der Waals surface area contributed by atoms with Crippen molar-refractivity contribution in [2.24, 2.45) is 0 Å². The number of rotatable bonds is 5. The molecule has 5 heterocycles. The van der Waals surface area contributed by atoms with Gasteiger partial charge in [-0.05, 0) is 43.7 Å². The van der Waals surface area contributed by atoms with Crippen molar-refractivity contribution in [2.45, 2.75) is 27.2 Å². The Kier molecular flexibility index (Phi) is 5.61. The van der Waals surface area contributed by atoms with Gasteiger partial charge in [-0.3, -0.25) is 14.7 Å². The molecular formula is C25H27N7O2. The molecule has 0 bridgehead atoms. The number of aromatic nitrogens is 5. The van der Waals surface area contributed by atoms with Gasteiger partial charge in [0.1, 0.15) is 17.2 Å². The molecule has 9 heteroatoms. The largest absolute Gasteiger partial charge is 0.353 e. The van der Waals surface area contributed by atoms with Crippen molar-refractivity contribution in [3.8, 4) is 11.3 Å². The zero-order chi connectivity index (χ0) is 23.8. The molecule has 0 unspecified atom stereocenters. The number of carbonyl (C=O) groups is 2. The van der Waals surface area contributed by atoms with E-state index in [1.54, 1.807) is 19.3 Å². The molecule has 1 fully saturated rings. The summed E-state index contributed by atoms with van der Waals surface area (Å²) in [6, 6.07) is 8.07. The van der Waals surface area contributed by atoms with E-state index in [9.17, 15) is 9.59 Å². The molecule has 1 aliphatic heterocycles. The zero-order valence-electron chi connectivity index (χ0n) is 19.6. The molecule has 34 heavy (non-hydrogen) atoms. The lowest BCUT2D eigenvalue weighted by Crippen LogP contribution is -2.48. The standard InChI is InChI=1S/C25H27N7O2/c1-15-16(2)29-30-24(15)22(34)11-18-10-20-12-21(28-25(20)27-14-18)19-4-5-26-23(13-19)32-8-6-31(7-9-32)17(3)33/h4-5,10,12-14H,6-9,11H2,1-3H3,(H,27,28)(H,29,30). The van der Waals surface area contributed by atoms with Crippen molar-refractivity contribution in [2.75, 3.05) is 31.1 Å². The van der Waals surface area contributed by atoms with E-state index in [4.69, 9.17) is 0 Å². The summed E-state index contributed by atoms with van der Waals surface area (Å²) in [5.74, 6) is 0.980. The lowest BCUT2D eigenvalue weighted by Gasteiger charge is -2.35. The number of ketones is 1. The van der Waals surface area contributed by atoms with Gasteiger partial charge in [-0.1, -0.05) is 0 Å². The van der Waals surface area contributed by atoms with Crippen LogP contribution < -0.4 is 4.90 Å². The third-order valence-electron chi connectivity index (χ3n) is 6.51. The van der Waals surface area contributed by atoms with E-state index in [2.05, 4.69) is 36.1 Å². The van der Waals surface area contributed by atoms with E-state index >= 15 is 0 Å². The van der Waals surface area contributed by atoms with Crippen LogP contribution in [0.3, 0.4) is 0 Å². The van der Waals surface area contributed by atoms with Crippen LogP contribution in [0.4, 0.5) is 5.82 Å². The lowest BCUT2D eigenvalue weighted by atomic mass is 10.0. The second-order valence-electron chi connectivity index (χ2n) is 8.78. The maximum atomic E-state index is 12.7. The van der Waals surface area contributed by atoms with Crippen molar-refractivity contribution in [3.63, 3.8) is 0 Å². The Morgan fingerprint density at radius 1 is 1.06 bits per heavy atom. The van der Waals surface area contributed by atoms with E-state index in [-0.39, 0.29) is 18.1 Å². The number of carbonyl (C=O) groups excluding carboxylic acids is 2. The van der Waals surface area contributed by atoms with Crippen LogP contribution in [-0.2, 0) is 11.2 Å². The Morgan fingerprint density at radius 3 is 2.56 bits per heavy atom. The fraction of sp³-hybridized carbons (Fsp3) is 0.320. The minimum Gasteiger partial charge on any atom is -0.353 e. The molecule has 0 spiro atoms. The molecule has 5 rings (SSSR count). The number of aryl methyl sites for hydroxylation is 1. The first-order valence-corrected chi connectivity index (χ1v) is 11.4. The molecule has 174 valence electrons. The number of piperazine rings is 1. The Bertz CT molecular complexity index is 1380. The van der Waals surface area contributed by atoms with Crippen LogP contribution in [0.2, 0.25) is 0 Å². The highest BCUT2D eigenvalue weighted by Gasteiger charge is 2.20. The van der Waals surface area contributed by atoms with E-state index in [1.807, 2.05) is 36.9 Å². The number of pyridine rings is 2. The fourth-order valence-corrected chi connectivity index (χ4v) is 4.35. The number of nitrogens with zero attached hydrogens (tertiary/aromatic N) is 5. The van der Waals surface area contributed by atoms with E-state index < -0.39 is 0 Å². The predicted molar refractivity (Wildman–Crippen MR) is 130 cm³/mol. The minimum absolute atomic E-state index is 0.0256. The number of Topliss-reactive ketones (excluding diaryl/α,β-unsaturated/α-hetero) is 1. The van der Waals surface area contributed by atoms with Gasteiger partial charge in [-0.2, -0.15) is 5.10 Å². The number of H-pyrrole nitrogens is 2. The number of anilines is 1. The van der Waals surface area contributed by atoms with Gasteiger partial charge >= 0.3 is 0 Å². The summed E-state index contributed by atoms with van der Waals surface area (Å²) < 4.78 is 0. The quantitative estimate of drug-likeness (QED) is 0.446. The molecule has 1 amide bonds. The van der Waals surface area contributed by atoms with Gasteiger partial charge in [0.15, 0.2) is 5.78 Å². The second kappa shape index (κ2) is 8.74. The monoisotopic (exact) mass is 457 g/mol. The first-order chi connectivity index (χ1) is 16.4. The molecule has 0 radical (unpaired) electrons. The zero-order valence-corrected chi connectivity index (χ0v) is 19.6. The topological polar surface area (TPSA) is 111 Å². The van der Waals surface area contributed by atoms with Crippen molar-refractivity contribution in [3.05, 3.63) is 59.2 Å². The molecular weight excluding hydrogens is 430 g/mol. The summed E-state index contributed by atoms with van der Waals surface area (Å²) in [5, 5.41) is 7.97.